The van der Waals surface area contributed by atoms with Gasteiger partial charge in [-0.05, 0) is 26.7 Å². The molecule has 0 aromatic carbocycles. The molecule has 0 aliphatic heterocycles. The fourth-order valence-corrected chi connectivity index (χ4v) is 1.28. The molecule has 0 fully saturated rings. The highest BCUT2D eigenvalue weighted by molar-refractivity contribution is 5.72. The molecule has 0 saturated heterocycles. The predicted octanol–water partition coefficient (Wildman–Crippen LogP) is 2.58. The fraction of sp³-hybridized carbons (Fsp3) is 0.833. The van der Waals surface area contributed by atoms with Crippen molar-refractivity contribution in [3.05, 3.63) is 0 Å². The zero-order chi connectivity index (χ0) is 11.8. The third kappa shape index (κ3) is 7.11. The zero-order valence-electron chi connectivity index (χ0n) is 10.2. The van der Waals surface area contributed by atoms with Crippen molar-refractivity contribution in [1.82, 2.24) is 0 Å². The summed E-state index contributed by atoms with van der Waals surface area (Å²) in [6, 6.07) is 0. The van der Waals surface area contributed by atoms with E-state index in [0.717, 1.165) is 25.5 Å². The monoisotopic (exact) mass is 214 g/mol. The van der Waals surface area contributed by atoms with Crippen molar-refractivity contribution in [1.29, 1.82) is 0 Å². The van der Waals surface area contributed by atoms with Gasteiger partial charge in [-0.3, -0.25) is 4.79 Å². The average Bonchev–Trinajstić information content (AvgIpc) is 2.16. The Bertz CT molecular complexity index is 199. The van der Waals surface area contributed by atoms with Crippen molar-refractivity contribution in [3.63, 3.8) is 0 Å². The molecule has 0 amide bonds. The van der Waals surface area contributed by atoms with Gasteiger partial charge in [-0.1, -0.05) is 20.3 Å². The molecule has 2 atom stereocenters. The minimum absolute atomic E-state index is 0.0474. The Morgan fingerprint density at radius 3 is 2.27 bits per heavy atom. The van der Waals surface area contributed by atoms with Crippen LogP contribution >= 0.6 is 0 Å². The van der Waals surface area contributed by atoms with Crippen LogP contribution < -0.4 is 0 Å². The van der Waals surface area contributed by atoms with E-state index in [2.05, 4.69) is 0 Å². The average molecular weight is 214 g/mol. The van der Waals surface area contributed by atoms with E-state index in [1.165, 1.54) is 0 Å². The quantitative estimate of drug-likeness (QED) is 0.483. The van der Waals surface area contributed by atoms with Crippen LogP contribution in [0.4, 0.5) is 0 Å². The van der Waals surface area contributed by atoms with E-state index in [9.17, 15) is 9.59 Å². The predicted molar refractivity (Wildman–Crippen MR) is 59.5 cm³/mol. The largest absolute Gasteiger partial charge is 0.463 e. The summed E-state index contributed by atoms with van der Waals surface area (Å²) in [7, 11) is 0. The van der Waals surface area contributed by atoms with E-state index in [1.807, 2.05) is 27.7 Å². The SMILES string of the molecule is CC(C=O)CCCC(C)C(=O)OC(C)C. The summed E-state index contributed by atoms with van der Waals surface area (Å²) in [6.07, 6.45) is 3.45. The van der Waals surface area contributed by atoms with Gasteiger partial charge in [-0.2, -0.15) is 0 Å². The first-order valence-corrected chi connectivity index (χ1v) is 5.63. The van der Waals surface area contributed by atoms with Crippen LogP contribution in [0.25, 0.3) is 0 Å². The number of esters is 1. The van der Waals surface area contributed by atoms with Gasteiger partial charge in [0.1, 0.15) is 6.29 Å². The molecule has 0 radical (unpaired) electrons. The molecule has 3 heteroatoms. The molecule has 0 spiro atoms. The van der Waals surface area contributed by atoms with Gasteiger partial charge in [-0.25, -0.2) is 0 Å². The van der Waals surface area contributed by atoms with Crippen LogP contribution in [0.1, 0.15) is 47.0 Å². The Labute approximate surface area is 92.2 Å². The number of carbonyl (C=O) groups is 2. The van der Waals surface area contributed by atoms with Crippen molar-refractivity contribution in [3.8, 4) is 0 Å². The summed E-state index contributed by atoms with van der Waals surface area (Å²) >= 11 is 0. The Balaban J connectivity index is 3.68. The molecule has 2 unspecified atom stereocenters. The van der Waals surface area contributed by atoms with E-state index >= 15 is 0 Å². The second-order valence-corrected chi connectivity index (χ2v) is 4.43. The number of carbonyl (C=O) groups excluding carboxylic acids is 2. The summed E-state index contributed by atoms with van der Waals surface area (Å²) < 4.78 is 5.09. The van der Waals surface area contributed by atoms with Gasteiger partial charge in [0, 0.05) is 5.92 Å². The van der Waals surface area contributed by atoms with Gasteiger partial charge < -0.3 is 9.53 Å². The molecule has 88 valence electrons. The topological polar surface area (TPSA) is 43.4 Å². The van der Waals surface area contributed by atoms with E-state index in [4.69, 9.17) is 4.74 Å². The molecular formula is C12H22O3. The molecule has 0 aliphatic rings. The maximum absolute atomic E-state index is 11.4. The highest BCUT2D eigenvalue weighted by Gasteiger charge is 2.15. The molecule has 15 heavy (non-hydrogen) atoms. The standard InChI is InChI=1S/C12H22O3/c1-9(2)15-12(14)11(4)7-5-6-10(3)8-13/h8-11H,5-7H2,1-4H3. The van der Waals surface area contributed by atoms with Crippen LogP contribution in [0.15, 0.2) is 0 Å². The first-order valence-electron chi connectivity index (χ1n) is 5.63. The molecule has 0 N–H and O–H groups in total. The van der Waals surface area contributed by atoms with Gasteiger partial charge in [0.2, 0.25) is 0 Å². The Morgan fingerprint density at radius 2 is 1.80 bits per heavy atom. The Kier molecular flexibility index (Phi) is 7.01. The number of aldehydes is 1. The van der Waals surface area contributed by atoms with Crippen molar-refractivity contribution in [2.75, 3.05) is 0 Å². The first kappa shape index (κ1) is 14.1. The molecule has 0 saturated carbocycles. The lowest BCUT2D eigenvalue weighted by molar-refractivity contribution is -0.152. The van der Waals surface area contributed by atoms with Gasteiger partial charge >= 0.3 is 5.97 Å². The number of hydrogen-bond acceptors (Lipinski definition) is 3. The normalized spacial score (nSPS) is 14.7. The van der Waals surface area contributed by atoms with Gasteiger partial charge in [0.25, 0.3) is 0 Å². The van der Waals surface area contributed by atoms with Crippen LogP contribution in [-0.2, 0) is 14.3 Å². The summed E-state index contributed by atoms with van der Waals surface area (Å²) in [6.45, 7) is 7.46. The van der Waals surface area contributed by atoms with Gasteiger partial charge in [0.05, 0.1) is 12.0 Å². The molecular weight excluding hydrogens is 192 g/mol. The molecule has 0 rings (SSSR count). The Morgan fingerprint density at radius 1 is 1.20 bits per heavy atom. The summed E-state index contributed by atoms with van der Waals surface area (Å²) in [4.78, 5) is 21.8. The van der Waals surface area contributed by atoms with Crippen LogP contribution in [0, 0.1) is 11.8 Å². The molecule has 3 nitrogen and oxygen atoms in total. The van der Waals surface area contributed by atoms with Crippen LogP contribution in [-0.4, -0.2) is 18.4 Å². The van der Waals surface area contributed by atoms with E-state index < -0.39 is 0 Å². The minimum atomic E-state index is -0.135. The van der Waals surface area contributed by atoms with E-state index in [0.29, 0.717) is 0 Å². The summed E-state index contributed by atoms with van der Waals surface area (Å²) in [5.74, 6) is -0.103. The van der Waals surface area contributed by atoms with Crippen LogP contribution in [0.3, 0.4) is 0 Å². The minimum Gasteiger partial charge on any atom is -0.463 e. The highest BCUT2D eigenvalue weighted by Crippen LogP contribution is 2.13. The number of hydrogen-bond donors (Lipinski definition) is 0. The maximum atomic E-state index is 11.4. The fourth-order valence-electron chi connectivity index (χ4n) is 1.28. The van der Waals surface area contributed by atoms with Crippen LogP contribution in [0.2, 0.25) is 0 Å². The molecule has 0 heterocycles. The highest BCUT2D eigenvalue weighted by atomic mass is 16.5. The molecule has 0 bridgehead atoms. The van der Waals surface area contributed by atoms with E-state index in [1.54, 1.807) is 0 Å². The Hall–Kier alpha value is -0.860. The second kappa shape index (κ2) is 7.43. The second-order valence-electron chi connectivity index (χ2n) is 4.43. The van der Waals surface area contributed by atoms with Crippen molar-refractivity contribution in [2.45, 2.75) is 53.1 Å². The first-order chi connectivity index (χ1) is 6.97. The smallest absolute Gasteiger partial charge is 0.308 e. The summed E-state index contributed by atoms with van der Waals surface area (Å²) in [5.41, 5.74) is 0. The maximum Gasteiger partial charge on any atom is 0.308 e. The van der Waals surface area contributed by atoms with Crippen molar-refractivity contribution < 1.29 is 14.3 Å². The third-order valence-electron chi connectivity index (χ3n) is 2.28. The van der Waals surface area contributed by atoms with Crippen molar-refractivity contribution >= 4 is 12.3 Å². The lowest BCUT2D eigenvalue weighted by Gasteiger charge is -2.13. The van der Waals surface area contributed by atoms with Crippen LogP contribution in [0.5, 0.6) is 0 Å². The third-order valence-corrected chi connectivity index (χ3v) is 2.28. The lowest BCUT2D eigenvalue weighted by atomic mass is 9.99. The molecule has 0 aromatic heterocycles. The summed E-state index contributed by atoms with van der Waals surface area (Å²) in [5, 5.41) is 0. The number of rotatable bonds is 7. The number of ether oxygens (including phenoxy) is 1. The van der Waals surface area contributed by atoms with Gasteiger partial charge in [0.15, 0.2) is 0 Å². The zero-order valence-corrected chi connectivity index (χ0v) is 10.2. The van der Waals surface area contributed by atoms with Crippen molar-refractivity contribution in [2.24, 2.45) is 11.8 Å². The molecule has 0 aliphatic carbocycles. The molecule has 0 aromatic rings. The van der Waals surface area contributed by atoms with Gasteiger partial charge in [-0.15, -0.1) is 0 Å². The lowest BCUT2D eigenvalue weighted by Crippen LogP contribution is -2.19. The van der Waals surface area contributed by atoms with E-state index in [-0.39, 0.29) is 23.9 Å².